The van der Waals surface area contributed by atoms with E-state index < -0.39 is 18.0 Å². The first kappa shape index (κ1) is 19.5. The number of aliphatic hydroxyl groups is 1. The molecule has 1 heterocycles. The molecule has 0 bridgehead atoms. The highest BCUT2D eigenvalue weighted by Gasteiger charge is 2.43. The summed E-state index contributed by atoms with van der Waals surface area (Å²) in [5.74, 6) is -1.01. The second kappa shape index (κ2) is 8.62. The highest BCUT2D eigenvalue weighted by molar-refractivity contribution is 7.80. The average molecular weight is 397 g/mol. The normalized spacial score (nSPS) is 17.6. The standard InChI is InChI=1S/C20H19N3O4S/c24-18(17(22-27)14-9-5-2-6-10-14)21-15-12-23(19(15)25)16(20(26)28)11-13-7-3-1-4-8-13/h1-10,15-16,27H,11-12H2,(H,21,24)(H,26,28). The molecule has 2 aromatic carbocycles. The van der Waals surface area contributed by atoms with Gasteiger partial charge < -0.3 is 20.5 Å². The van der Waals surface area contributed by atoms with Gasteiger partial charge in [-0.15, -0.1) is 0 Å². The fourth-order valence-corrected chi connectivity index (χ4v) is 3.28. The number of oxime groups is 1. The molecule has 2 unspecified atom stereocenters. The van der Waals surface area contributed by atoms with Gasteiger partial charge in [-0.05, 0) is 17.8 Å². The van der Waals surface area contributed by atoms with Gasteiger partial charge in [-0.25, -0.2) is 0 Å². The minimum Gasteiger partial charge on any atom is -0.500 e. The molecule has 1 fully saturated rings. The summed E-state index contributed by atoms with van der Waals surface area (Å²) in [4.78, 5) is 26.3. The molecule has 2 atom stereocenters. The van der Waals surface area contributed by atoms with Crippen LogP contribution in [0.4, 0.5) is 0 Å². The molecule has 2 aromatic rings. The summed E-state index contributed by atoms with van der Waals surface area (Å²) >= 11 is 4.92. The van der Waals surface area contributed by atoms with Crippen molar-refractivity contribution in [3.05, 3.63) is 71.8 Å². The van der Waals surface area contributed by atoms with Crippen LogP contribution >= 0.6 is 12.2 Å². The molecular formula is C20H19N3O4S. The highest BCUT2D eigenvalue weighted by atomic mass is 32.1. The van der Waals surface area contributed by atoms with Crippen molar-refractivity contribution in [2.24, 2.45) is 5.16 Å². The van der Waals surface area contributed by atoms with Gasteiger partial charge in [-0.1, -0.05) is 65.8 Å². The van der Waals surface area contributed by atoms with Gasteiger partial charge in [0.25, 0.3) is 5.91 Å². The Morgan fingerprint density at radius 1 is 1.18 bits per heavy atom. The van der Waals surface area contributed by atoms with Gasteiger partial charge in [-0.2, -0.15) is 0 Å². The number of likely N-dealkylation sites (tertiary alicyclic amines) is 1. The van der Waals surface area contributed by atoms with Crippen LogP contribution in [-0.4, -0.2) is 56.4 Å². The molecule has 144 valence electrons. The molecule has 8 heteroatoms. The van der Waals surface area contributed by atoms with Crippen LogP contribution in [0, 0.1) is 0 Å². The molecular weight excluding hydrogens is 378 g/mol. The number of amides is 2. The number of carbonyl (C=O) groups is 2. The topological polar surface area (TPSA) is 102 Å². The number of rotatable bonds is 7. The van der Waals surface area contributed by atoms with Crippen LogP contribution in [0.2, 0.25) is 0 Å². The lowest BCUT2D eigenvalue weighted by molar-refractivity contribution is -0.147. The Labute approximate surface area is 167 Å². The van der Waals surface area contributed by atoms with E-state index in [1.807, 2.05) is 30.3 Å². The maximum absolute atomic E-state index is 12.5. The van der Waals surface area contributed by atoms with E-state index in [4.69, 9.17) is 12.2 Å². The molecule has 28 heavy (non-hydrogen) atoms. The summed E-state index contributed by atoms with van der Waals surface area (Å²) in [6, 6.07) is 16.4. The van der Waals surface area contributed by atoms with Gasteiger partial charge in [0.2, 0.25) is 5.91 Å². The van der Waals surface area contributed by atoms with E-state index in [0.29, 0.717) is 12.0 Å². The molecule has 3 N–H and O–H groups in total. The fourth-order valence-electron chi connectivity index (χ4n) is 3.07. The van der Waals surface area contributed by atoms with E-state index in [2.05, 4.69) is 10.5 Å². The van der Waals surface area contributed by atoms with E-state index in [9.17, 15) is 19.9 Å². The smallest absolute Gasteiger partial charge is 0.274 e. The molecule has 1 aliphatic heterocycles. The lowest BCUT2D eigenvalue weighted by Crippen LogP contribution is -2.68. The van der Waals surface area contributed by atoms with Crippen LogP contribution in [-0.2, 0) is 16.0 Å². The monoisotopic (exact) mass is 397 g/mol. The van der Waals surface area contributed by atoms with Crippen LogP contribution in [0.3, 0.4) is 0 Å². The van der Waals surface area contributed by atoms with Crippen molar-refractivity contribution in [3.63, 3.8) is 0 Å². The van der Waals surface area contributed by atoms with Crippen LogP contribution in [0.15, 0.2) is 65.8 Å². The zero-order chi connectivity index (χ0) is 20.1. The van der Waals surface area contributed by atoms with Crippen molar-refractivity contribution in [2.45, 2.75) is 18.5 Å². The van der Waals surface area contributed by atoms with E-state index in [0.717, 1.165) is 5.56 Å². The van der Waals surface area contributed by atoms with E-state index >= 15 is 0 Å². The number of benzene rings is 2. The van der Waals surface area contributed by atoms with E-state index in [1.54, 1.807) is 30.3 Å². The number of thiocarbonyl (C=S) groups is 1. The quantitative estimate of drug-likeness (QED) is 0.217. The Hall–Kier alpha value is -3.26. The van der Waals surface area contributed by atoms with Crippen LogP contribution in [0.1, 0.15) is 11.1 Å². The first-order valence-electron chi connectivity index (χ1n) is 8.67. The number of β-lactam (4-membered cyclic amide) rings is 1. The number of aliphatic hydroxyl groups excluding tert-OH is 1. The molecule has 2 amide bonds. The highest BCUT2D eigenvalue weighted by Crippen LogP contribution is 2.19. The van der Waals surface area contributed by atoms with Gasteiger partial charge >= 0.3 is 0 Å². The SMILES string of the molecule is O=C(NC1CN(C(Cc2ccccc2)C(O)=S)C1=O)C(=NO)c1ccccc1. The largest absolute Gasteiger partial charge is 0.500 e. The van der Waals surface area contributed by atoms with Crippen LogP contribution < -0.4 is 5.32 Å². The Morgan fingerprint density at radius 3 is 2.32 bits per heavy atom. The molecule has 0 aliphatic carbocycles. The minimum atomic E-state index is -0.763. The number of nitrogens with zero attached hydrogens (tertiary/aromatic N) is 2. The molecule has 0 saturated carbocycles. The van der Waals surface area contributed by atoms with Gasteiger partial charge in [-0.3, -0.25) is 9.59 Å². The molecule has 0 aromatic heterocycles. The third-order valence-electron chi connectivity index (χ3n) is 4.56. The molecule has 0 spiro atoms. The number of hydrogen-bond acceptors (Lipinski definition) is 5. The predicted octanol–water partition coefficient (Wildman–Crippen LogP) is 1.69. The lowest BCUT2D eigenvalue weighted by atomic mass is 9.98. The summed E-state index contributed by atoms with van der Waals surface area (Å²) in [6.07, 6.45) is 0.385. The average Bonchev–Trinajstić information content (AvgIpc) is 2.71. The van der Waals surface area contributed by atoms with Gasteiger partial charge in [0.05, 0.1) is 6.54 Å². The van der Waals surface area contributed by atoms with Gasteiger partial charge in [0, 0.05) is 12.0 Å². The first-order chi connectivity index (χ1) is 13.5. The molecule has 3 rings (SSSR count). The van der Waals surface area contributed by atoms with E-state index in [1.165, 1.54) is 4.90 Å². The maximum Gasteiger partial charge on any atom is 0.274 e. The minimum absolute atomic E-state index is 0.176. The van der Waals surface area contributed by atoms with Crippen LogP contribution in [0.5, 0.6) is 0 Å². The van der Waals surface area contributed by atoms with Crippen LogP contribution in [0.25, 0.3) is 0 Å². The zero-order valence-electron chi connectivity index (χ0n) is 14.9. The first-order valence-corrected chi connectivity index (χ1v) is 9.07. The second-order valence-corrected chi connectivity index (χ2v) is 6.79. The third-order valence-corrected chi connectivity index (χ3v) is 4.83. The summed E-state index contributed by atoms with van der Waals surface area (Å²) in [6.45, 7) is 0.205. The second-order valence-electron chi connectivity index (χ2n) is 6.38. The lowest BCUT2D eigenvalue weighted by Gasteiger charge is -2.43. The van der Waals surface area contributed by atoms with Crippen molar-refractivity contribution in [3.8, 4) is 0 Å². The number of carbonyl (C=O) groups excluding carboxylic acids is 2. The summed E-state index contributed by atoms with van der Waals surface area (Å²) in [5, 5.41) is 24.4. The van der Waals surface area contributed by atoms with Crippen molar-refractivity contribution in [2.75, 3.05) is 6.54 Å². The Kier molecular flexibility index (Phi) is 6.00. The van der Waals surface area contributed by atoms with Crippen molar-refractivity contribution in [1.82, 2.24) is 10.2 Å². The van der Waals surface area contributed by atoms with Gasteiger partial charge in [0.15, 0.2) is 10.8 Å². The fraction of sp³-hybridized carbons (Fsp3) is 0.200. The third kappa shape index (κ3) is 4.17. The number of nitrogens with one attached hydrogen (secondary N) is 1. The summed E-state index contributed by atoms with van der Waals surface area (Å²) in [7, 11) is 0. The molecule has 7 nitrogen and oxygen atoms in total. The van der Waals surface area contributed by atoms with Gasteiger partial charge in [0.1, 0.15) is 12.1 Å². The van der Waals surface area contributed by atoms with Crippen molar-refractivity contribution in [1.29, 1.82) is 0 Å². The summed E-state index contributed by atoms with van der Waals surface area (Å²) in [5.41, 5.74) is 1.19. The molecule has 1 aliphatic rings. The molecule has 1 saturated heterocycles. The predicted molar refractivity (Wildman–Crippen MR) is 108 cm³/mol. The van der Waals surface area contributed by atoms with Crippen molar-refractivity contribution >= 4 is 34.8 Å². The number of hydrogen-bond donors (Lipinski definition) is 3. The Balaban J connectivity index is 1.64. The molecule has 0 radical (unpaired) electrons. The zero-order valence-corrected chi connectivity index (χ0v) is 15.7. The Morgan fingerprint density at radius 2 is 1.79 bits per heavy atom. The van der Waals surface area contributed by atoms with Crippen molar-refractivity contribution < 1.29 is 19.9 Å². The van der Waals surface area contributed by atoms with E-state index in [-0.39, 0.29) is 23.2 Å². The Bertz CT molecular complexity index is 902. The summed E-state index contributed by atoms with van der Waals surface area (Å²) < 4.78 is 0. The maximum atomic E-state index is 12.5.